The molecule has 0 radical (unpaired) electrons. The highest BCUT2D eigenvalue weighted by atomic mass is 32.2. The van der Waals surface area contributed by atoms with Crippen molar-refractivity contribution in [2.45, 2.75) is 31.6 Å². The van der Waals surface area contributed by atoms with Gasteiger partial charge in [-0.2, -0.15) is 0 Å². The van der Waals surface area contributed by atoms with Crippen molar-refractivity contribution in [1.82, 2.24) is 4.72 Å². The van der Waals surface area contributed by atoms with E-state index < -0.39 is 10.0 Å². The van der Waals surface area contributed by atoms with Crippen LogP contribution in [0.4, 0.5) is 0 Å². The minimum atomic E-state index is -3.30. The first kappa shape index (κ1) is 15.1. The van der Waals surface area contributed by atoms with Crippen molar-refractivity contribution in [2.24, 2.45) is 0 Å². The third-order valence-corrected chi connectivity index (χ3v) is 3.63. The quantitative estimate of drug-likeness (QED) is 0.683. The molecule has 3 nitrogen and oxygen atoms in total. The first-order valence-corrected chi connectivity index (χ1v) is 6.61. The number of hydrogen-bond donors (Lipinski definition) is 1. The van der Waals surface area contributed by atoms with E-state index in [0.717, 1.165) is 18.4 Å². The molecule has 0 unspecified atom stereocenters. The first-order valence-electron chi connectivity index (χ1n) is 5.12. The summed E-state index contributed by atoms with van der Waals surface area (Å²) >= 11 is 0. The maximum Gasteiger partial charge on any atom is 0.240 e. The van der Waals surface area contributed by atoms with Gasteiger partial charge < -0.3 is 4.70 Å². The Morgan fingerprint density at radius 1 is 1.19 bits per heavy atom. The molecule has 0 bridgehead atoms. The summed E-state index contributed by atoms with van der Waals surface area (Å²) in [6, 6.07) is 6.86. The number of hydrogen-bond acceptors (Lipinski definition) is 2. The molecule has 0 amide bonds. The van der Waals surface area contributed by atoms with Gasteiger partial charge in [-0.15, -0.1) is 0 Å². The van der Waals surface area contributed by atoms with Crippen molar-refractivity contribution in [3.8, 4) is 0 Å². The number of nitrogens with one attached hydrogen (secondary N) is 1. The van der Waals surface area contributed by atoms with Crippen LogP contribution < -0.4 is 9.43 Å². The molecule has 1 N–H and O–H groups in total. The van der Waals surface area contributed by atoms with Gasteiger partial charge in [-0.05, 0) is 25.5 Å². The van der Waals surface area contributed by atoms with Crippen LogP contribution in [0.25, 0.3) is 0 Å². The highest BCUT2D eigenvalue weighted by Crippen LogP contribution is 2.09. The van der Waals surface area contributed by atoms with Gasteiger partial charge in [0.1, 0.15) is 0 Å². The minimum Gasteiger partial charge on any atom is -1.00 e. The van der Waals surface area contributed by atoms with Gasteiger partial charge in [0.05, 0.1) is 4.90 Å². The molecular formula is C11H17FNO2S-. The van der Waals surface area contributed by atoms with Crippen LogP contribution in [0.15, 0.2) is 29.2 Å². The molecule has 0 aliphatic heterocycles. The molecule has 0 aromatic heterocycles. The van der Waals surface area contributed by atoms with Crippen LogP contribution in [0.2, 0.25) is 0 Å². The molecule has 1 aromatic rings. The number of rotatable bonds is 5. The second-order valence-electron chi connectivity index (χ2n) is 3.56. The second-order valence-corrected chi connectivity index (χ2v) is 5.33. The minimum absolute atomic E-state index is 0. The summed E-state index contributed by atoms with van der Waals surface area (Å²) in [5, 5.41) is 0. The Kier molecular flexibility index (Phi) is 6.21. The second kappa shape index (κ2) is 6.60. The highest BCUT2D eigenvalue weighted by molar-refractivity contribution is 7.89. The third kappa shape index (κ3) is 4.28. The summed E-state index contributed by atoms with van der Waals surface area (Å²) in [5.74, 6) is 0. The van der Waals surface area contributed by atoms with E-state index in [4.69, 9.17) is 0 Å². The van der Waals surface area contributed by atoms with Crippen LogP contribution in [0.1, 0.15) is 25.3 Å². The smallest absolute Gasteiger partial charge is 0.240 e. The highest BCUT2D eigenvalue weighted by Gasteiger charge is 2.11. The Balaban J connectivity index is 0.00000225. The van der Waals surface area contributed by atoms with Gasteiger partial charge in [0, 0.05) is 6.54 Å². The number of sulfonamides is 1. The lowest BCUT2D eigenvalue weighted by atomic mass is 10.2. The molecule has 0 aliphatic rings. The zero-order valence-corrected chi connectivity index (χ0v) is 10.3. The number of unbranched alkanes of at least 4 members (excludes halogenated alkanes) is 1. The van der Waals surface area contributed by atoms with Crippen molar-refractivity contribution in [3.63, 3.8) is 0 Å². The fourth-order valence-electron chi connectivity index (χ4n) is 1.18. The zero-order chi connectivity index (χ0) is 11.3. The van der Waals surface area contributed by atoms with E-state index >= 15 is 0 Å². The molecule has 0 heterocycles. The van der Waals surface area contributed by atoms with Crippen molar-refractivity contribution < 1.29 is 13.1 Å². The van der Waals surface area contributed by atoms with Crippen molar-refractivity contribution in [3.05, 3.63) is 29.8 Å². The molecule has 92 valence electrons. The summed E-state index contributed by atoms with van der Waals surface area (Å²) < 4.78 is 26.0. The van der Waals surface area contributed by atoms with Gasteiger partial charge >= 0.3 is 0 Å². The van der Waals surface area contributed by atoms with Crippen molar-refractivity contribution in [1.29, 1.82) is 0 Å². The van der Waals surface area contributed by atoms with Crippen LogP contribution in [0, 0.1) is 6.92 Å². The zero-order valence-electron chi connectivity index (χ0n) is 9.53. The van der Waals surface area contributed by atoms with Crippen LogP contribution in [-0.2, 0) is 10.0 Å². The molecule has 1 rings (SSSR count). The van der Waals surface area contributed by atoms with E-state index in [1.54, 1.807) is 24.3 Å². The average molecular weight is 246 g/mol. The molecule has 0 saturated carbocycles. The maximum atomic E-state index is 11.7. The molecule has 5 heteroatoms. The summed E-state index contributed by atoms with van der Waals surface area (Å²) in [6.07, 6.45) is 1.85. The topological polar surface area (TPSA) is 46.2 Å². The molecule has 0 atom stereocenters. The lowest BCUT2D eigenvalue weighted by Gasteiger charge is -2.05. The largest absolute Gasteiger partial charge is 1.00 e. The van der Waals surface area contributed by atoms with Crippen LogP contribution in [-0.4, -0.2) is 15.0 Å². The monoisotopic (exact) mass is 246 g/mol. The molecule has 0 spiro atoms. The SMILES string of the molecule is CCCCNS(=O)(=O)c1ccc(C)cc1.[F-]. The molecular weight excluding hydrogens is 229 g/mol. The van der Waals surface area contributed by atoms with E-state index in [1.165, 1.54) is 0 Å². The number of halogens is 1. The number of aryl methyl sites for hydroxylation is 1. The molecule has 16 heavy (non-hydrogen) atoms. The van der Waals surface area contributed by atoms with Gasteiger partial charge in [-0.3, -0.25) is 0 Å². The van der Waals surface area contributed by atoms with Gasteiger partial charge in [0.2, 0.25) is 10.0 Å². The van der Waals surface area contributed by atoms with Gasteiger partial charge in [0.15, 0.2) is 0 Å². The van der Waals surface area contributed by atoms with E-state index in [-0.39, 0.29) is 4.70 Å². The van der Waals surface area contributed by atoms with E-state index in [0.29, 0.717) is 11.4 Å². The summed E-state index contributed by atoms with van der Waals surface area (Å²) in [6.45, 7) is 4.47. The Morgan fingerprint density at radius 2 is 1.75 bits per heavy atom. The maximum absolute atomic E-state index is 11.7. The van der Waals surface area contributed by atoms with Crippen molar-refractivity contribution in [2.75, 3.05) is 6.54 Å². The predicted octanol–water partition coefficient (Wildman–Crippen LogP) is -0.923. The lowest BCUT2D eigenvalue weighted by molar-refractivity contribution is -0.00000583. The fraction of sp³-hybridized carbons (Fsp3) is 0.455. The summed E-state index contributed by atoms with van der Waals surface area (Å²) in [5.41, 5.74) is 1.06. The Hall–Kier alpha value is -0.940. The van der Waals surface area contributed by atoms with Gasteiger partial charge in [-0.25, -0.2) is 13.1 Å². The molecule has 0 saturated heterocycles. The van der Waals surface area contributed by atoms with E-state index in [1.807, 2.05) is 13.8 Å². The Labute approximate surface area is 96.3 Å². The normalized spacial score (nSPS) is 10.9. The first-order chi connectivity index (χ1) is 7.06. The van der Waals surface area contributed by atoms with Gasteiger partial charge in [0.25, 0.3) is 0 Å². The predicted molar refractivity (Wildman–Crippen MR) is 61.3 cm³/mol. The van der Waals surface area contributed by atoms with E-state index in [2.05, 4.69) is 4.72 Å². The lowest BCUT2D eigenvalue weighted by Crippen LogP contribution is -3.00. The van der Waals surface area contributed by atoms with Crippen LogP contribution in [0.3, 0.4) is 0 Å². The van der Waals surface area contributed by atoms with Crippen LogP contribution in [0.5, 0.6) is 0 Å². The van der Waals surface area contributed by atoms with E-state index in [9.17, 15) is 8.42 Å². The molecule has 0 fully saturated rings. The third-order valence-electron chi connectivity index (χ3n) is 2.15. The molecule has 1 aromatic carbocycles. The van der Waals surface area contributed by atoms with Gasteiger partial charge in [-0.1, -0.05) is 31.0 Å². The average Bonchev–Trinajstić information content (AvgIpc) is 2.18. The van der Waals surface area contributed by atoms with Crippen LogP contribution >= 0.6 is 0 Å². The standard InChI is InChI=1S/C11H17NO2S.FH/c1-3-4-9-12-15(13,14)11-7-5-10(2)6-8-11;/h5-8,12H,3-4,9H2,1-2H3;1H/p-1. The summed E-state index contributed by atoms with van der Waals surface area (Å²) in [4.78, 5) is 0.337. The Morgan fingerprint density at radius 3 is 2.25 bits per heavy atom. The Bertz CT molecular complexity index is 400. The summed E-state index contributed by atoms with van der Waals surface area (Å²) in [7, 11) is -3.30. The number of benzene rings is 1. The molecule has 0 aliphatic carbocycles. The fourth-order valence-corrected chi connectivity index (χ4v) is 2.26. The van der Waals surface area contributed by atoms with Crippen molar-refractivity contribution >= 4 is 10.0 Å².